The van der Waals surface area contributed by atoms with Gasteiger partial charge in [0.2, 0.25) is 0 Å². The van der Waals surface area contributed by atoms with Crippen LogP contribution >= 0.6 is 0 Å². The molecule has 0 saturated carbocycles. The number of aryl methyl sites for hydroxylation is 3. The Morgan fingerprint density at radius 2 is 1.61 bits per heavy atom. The molecule has 0 radical (unpaired) electrons. The van der Waals surface area contributed by atoms with E-state index in [2.05, 4.69) is 41.9 Å². The minimum Gasteiger partial charge on any atom is -0.398 e. The summed E-state index contributed by atoms with van der Waals surface area (Å²) in [5.41, 5.74) is 11.3. The second-order valence-electron chi connectivity index (χ2n) is 4.80. The van der Waals surface area contributed by atoms with Gasteiger partial charge in [-0.05, 0) is 49.6 Å². The highest BCUT2D eigenvalue weighted by atomic mass is 15.2. The summed E-state index contributed by atoms with van der Waals surface area (Å²) in [6, 6.07) is 8.36. The van der Waals surface area contributed by atoms with Gasteiger partial charge in [0, 0.05) is 30.7 Å². The van der Waals surface area contributed by atoms with Gasteiger partial charge in [0.15, 0.2) is 0 Å². The number of pyridine rings is 1. The van der Waals surface area contributed by atoms with E-state index in [9.17, 15) is 0 Å². The Hall–Kier alpha value is -2.03. The van der Waals surface area contributed by atoms with Crippen LogP contribution in [0, 0.1) is 20.8 Å². The minimum atomic E-state index is 0.774. The highest BCUT2D eigenvalue weighted by molar-refractivity contribution is 5.64. The zero-order valence-electron chi connectivity index (χ0n) is 11.4. The molecule has 0 bridgehead atoms. The standard InChI is InChI=1S/C15H19N3/c1-10-5-11(2)7-13(6-10)18(4)15-8-14(16)12(3)9-17-15/h5-9H,1-4H3,(H2,16,17). The SMILES string of the molecule is Cc1cc(C)cc(N(C)c2cc(N)c(C)cn2)c1. The van der Waals surface area contributed by atoms with Crippen molar-refractivity contribution in [1.82, 2.24) is 4.98 Å². The third-order valence-corrected chi connectivity index (χ3v) is 3.07. The number of nitrogens with zero attached hydrogens (tertiary/aromatic N) is 2. The molecule has 94 valence electrons. The first-order valence-electron chi connectivity index (χ1n) is 6.01. The number of benzene rings is 1. The monoisotopic (exact) mass is 241 g/mol. The van der Waals surface area contributed by atoms with Gasteiger partial charge in [0.1, 0.15) is 5.82 Å². The third-order valence-electron chi connectivity index (χ3n) is 3.07. The van der Waals surface area contributed by atoms with Gasteiger partial charge in [-0.15, -0.1) is 0 Å². The number of nitrogens with two attached hydrogens (primary N) is 1. The van der Waals surface area contributed by atoms with Crippen molar-refractivity contribution in [1.29, 1.82) is 0 Å². The Balaban J connectivity index is 2.40. The molecule has 0 saturated heterocycles. The highest BCUT2D eigenvalue weighted by Crippen LogP contribution is 2.26. The molecule has 1 heterocycles. The number of aromatic nitrogens is 1. The molecule has 0 fully saturated rings. The maximum Gasteiger partial charge on any atom is 0.134 e. The van der Waals surface area contributed by atoms with Crippen LogP contribution in [0.15, 0.2) is 30.5 Å². The van der Waals surface area contributed by atoms with Crippen LogP contribution in [0.25, 0.3) is 0 Å². The smallest absolute Gasteiger partial charge is 0.134 e. The van der Waals surface area contributed by atoms with Crippen LogP contribution in [-0.2, 0) is 0 Å². The topological polar surface area (TPSA) is 42.1 Å². The van der Waals surface area contributed by atoms with Crippen molar-refractivity contribution in [3.05, 3.63) is 47.2 Å². The number of anilines is 3. The van der Waals surface area contributed by atoms with Crippen LogP contribution in [0.4, 0.5) is 17.2 Å². The largest absolute Gasteiger partial charge is 0.398 e. The van der Waals surface area contributed by atoms with Crippen molar-refractivity contribution in [2.75, 3.05) is 17.7 Å². The van der Waals surface area contributed by atoms with Crippen molar-refractivity contribution >= 4 is 17.2 Å². The molecular weight excluding hydrogens is 222 g/mol. The van der Waals surface area contributed by atoms with Crippen LogP contribution in [-0.4, -0.2) is 12.0 Å². The molecule has 2 N–H and O–H groups in total. The fraction of sp³-hybridized carbons (Fsp3) is 0.267. The predicted molar refractivity (Wildman–Crippen MR) is 77.4 cm³/mol. The minimum absolute atomic E-state index is 0.774. The van der Waals surface area contributed by atoms with Gasteiger partial charge in [-0.1, -0.05) is 6.07 Å². The van der Waals surface area contributed by atoms with Gasteiger partial charge in [-0.25, -0.2) is 4.98 Å². The van der Waals surface area contributed by atoms with Crippen LogP contribution in [0.2, 0.25) is 0 Å². The summed E-state index contributed by atoms with van der Waals surface area (Å²) in [4.78, 5) is 6.47. The summed E-state index contributed by atoms with van der Waals surface area (Å²) in [5, 5.41) is 0. The van der Waals surface area contributed by atoms with E-state index in [0.717, 1.165) is 22.8 Å². The summed E-state index contributed by atoms with van der Waals surface area (Å²) in [7, 11) is 2.01. The zero-order chi connectivity index (χ0) is 13.3. The Morgan fingerprint density at radius 3 is 2.17 bits per heavy atom. The van der Waals surface area contributed by atoms with Crippen LogP contribution in [0.5, 0.6) is 0 Å². The fourth-order valence-corrected chi connectivity index (χ4v) is 1.99. The summed E-state index contributed by atoms with van der Waals surface area (Å²) in [6.45, 7) is 6.16. The number of hydrogen-bond donors (Lipinski definition) is 1. The molecule has 0 aliphatic rings. The lowest BCUT2D eigenvalue weighted by molar-refractivity contribution is 1.11. The number of hydrogen-bond acceptors (Lipinski definition) is 3. The Kier molecular flexibility index (Phi) is 3.24. The van der Waals surface area contributed by atoms with Gasteiger partial charge in [-0.3, -0.25) is 0 Å². The van der Waals surface area contributed by atoms with E-state index in [1.807, 2.05) is 26.2 Å². The van der Waals surface area contributed by atoms with Crippen molar-refractivity contribution in [3.8, 4) is 0 Å². The summed E-state index contributed by atoms with van der Waals surface area (Å²) in [6.07, 6.45) is 1.81. The second kappa shape index (κ2) is 4.69. The molecule has 2 rings (SSSR count). The zero-order valence-corrected chi connectivity index (χ0v) is 11.4. The summed E-state index contributed by atoms with van der Waals surface area (Å²) < 4.78 is 0. The molecule has 3 nitrogen and oxygen atoms in total. The van der Waals surface area contributed by atoms with E-state index in [1.165, 1.54) is 11.1 Å². The predicted octanol–water partition coefficient (Wildman–Crippen LogP) is 3.36. The van der Waals surface area contributed by atoms with Crippen molar-refractivity contribution in [3.63, 3.8) is 0 Å². The molecule has 0 unspecified atom stereocenters. The van der Waals surface area contributed by atoms with Gasteiger partial charge < -0.3 is 10.6 Å². The molecule has 1 aromatic carbocycles. The van der Waals surface area contributed by atoms with E-state index >= 15 is 0 Å². The number of rotatable bonds is 2. The highest BCUT2D eigenvalue weighted by Gasteiger charge is 2.07. The average molecular weight is 241 g/mol. The molecule has 0 aliphatic heterocycles. The van der Waals surface area contributed by atoms with Gasteiger partial charge in [-0.2, -0.15) is 0 Å². The quantitative estimate of drug-likeness (QED) is 0.876. The van der Waals surface area contributed by atoms with Crippen LogP contribution in [0.1, 0.15) is 16.7 Å². The molecule has 0 spiro atoms. The van der Waals surface area contributed by atoms with E-state index in [4.69, 9.17) is 5.73 Å². The van der Waals surface area contributed by atoms with E-state index < -0.39 is 0 Å². The van der Waals surface area contributed by atoms with Crippen LogP contribution < -0.4 is 10.6 Å². The summed E-state index contributed by atoms with van der Waals surface area (Å²) >= 11 is 0. The Bertz CT molecular complexity index is 556. The van der Waals surface area contributed by atoms with Crippen molar-refractivity contribution in [2.45, 2.75) is 20.8 Å². The molecule has 0 amide bonds. The maximum atomic E-state index is 5.93. The maximum absolute atomic E-state index is 5.93. The molecule has 3 heteroatoms. The lowest BCUT2D eigenvalue weighted by Crippen LogP contribution is -2.12. The molecule has 0 aliphatic carbocycles. The Morgan fingerprint density at radius 1 is 1.00 bits per heavy atom. The molecular formula is C15H19N3. The normalized spacial score (nSPS) is 10.4. The summed E-state index contributed by atoms with van der Waals surface area (Å²) in [5.74, 6) is 0.864. The third kappa shape index (κ3) is 2.45. The first-order valence-corrected chi connectivity index (χ1v) is 6.01. The lowest BCUT2D eigenvalue weighted by Gasteiger charge is -2.20. The van der Waals surface area contributed by atoms with Gasteiger partial charge in [0.05, 0.1) is 0 Å². The van der Waals surface area contributed by atoms with Crippen LogP contribution in [0.3, 0.4) is 0 Å². The second-order valence-corrected chi connectivity index (χ2v) is 4.80. The van der Waals surface area contributed by atoms with Crippen molar-refractivity contribution in [2.24, 2.45) is 0 Å². The van der Waals surface area contributed by atoms with Crippen molar-refractivity contribution < 1.29 is 0 Å². The van der Waals surface area contributed by atoms with Gasteiger partial charge >= 0.3 is 0 Å². The molecule has 18 heavy (non-hydrogen) atoms. The molecule has 2 aromatic rings. The van der Waals surface area contributed by atoms with E-state index in [0.29, 0.717) is 0 Å². The lowest BCUT2D eigenvalue weighted by atomic mass is 10.1. The van der Waals surface area contributed by atoms with E-state index in [1.54, 1.807) is 0 Å². The number of nitrogen functional groups attached to an aromatic ring is 1. The first kappa shape index (κ1) is 12.4. The Labute approximate surface area is 108 Å². The fourth-order valence-electron chi connectivity index (χ4n) is 1.99. The molecule has 1 aromatic heterocycles. The molecule has 0 atom stereocenters. The average Bonchev–Trinajstić information content (AvgIpc) is 2.30. The first-order chi connectivity index (χ1) is 8.47. The van der Waals surface area contributed by atoms with Gasteiger partial charge in [0.25, 0.3) is 0 Å². The van der Waals surface area contributed by atoms with E-state index in [-0.39, 0.29) is 0 Å².